The van der Waals surface area contributed by atoms with Gasteiger partial charge in [-0.25, -0.2) is 9.18 Å². The molecule has 2 heterocycles. The van der Waals surface area contributed by atoms with Crippen molar-refractivity contribution in [2.24, 2.45) is 5.16 Å². The molecule has 1 amide bonds. The number of hydrogen-bond donors (Lipinski definition) is 0. The zero-order valence-corrected chi connectivity index (χ0v) is 17.6. The third kappa shape index (κ3) is 4.57. The quantitative estimate of drug-likeness (QED) is 0.703. The van der Waals surface area contributed by atoms with Crippen LogP contribution in [0.3, 0.4) is 0 Å². The first-order chi connectivity index (χ1) is 13.0. The van der Waals surface area contributed by atoms with Crippen molar-refractivity contribution in [3.63, 3.8) is 0 Å². The highest BCUT2D eigenvalue weighted by Crippen LogP contribution is 2.33. The van der Waals surface area contributed by atoms with Crippen LogP contribution in [0.5, 0.6) is 0 Å². The van der Waals surface area contributed by atoms with Crippen molar-refractivity contribution in [3.05, 3.63) is 23.6 Å². The number of fused-ring (bicyclic) bond motifs is 1. The Morgan fingerprint density at radius 3 is 2.71 bits per heavy atom. The minimum Gasteiger partial charge on any atom is -0.443 e. The van der Waals surface area contributed by atoms with Crippen LogP contribution < -0.4 is 4.90 Å². The number of benzene rings is 1. The highest BCUT2D eigenvalue weighted by molar-refractivity contribution is 8.13. The predicted octanol–water partition coefficient (Wildman–Crippen LogP) is 5.08. The van der Waals surface area contributed by atoms with E-state index in [0.717, 1.165) is 9.94 Å². The van der Waals surface area contributed by atoms with Crippen LogP contribution in [0.1, 0.15) is 46.7 Å². The van der Waals surface area contributed by atoms with Crippen molar-refractivity contribution in [1.29, 1.82) is 0 Å². The highest BCUT2D eigenvalue weighted by Gasteiger charge is 2.29. The van der Waals surface area contributed by atoms with Crippen LogP contribution >= 0.6 is 11.8 Å². The Balaban J connectivity index is 1.81. The van der Waals surface area contributed by atoms with Gasteiger partial charge < -0.3 is 14.1 Å². The third-order valence-electron chi connectivity index (χ3n) is 3.99. The van der Waals surface area contributed by atoms with Crippen LogP contribution in [-0.4, -0.2) is 34.5 Å². The molecule has 152 valence electrons. The average Bonchev–Trinajstić information content (AvgIpc) is 3.12. The molecule has 0 fully saturated rings. The number of nitrogens with zero attached hydrogens (tertiary/aromatic N) is 3. The fraction of sp³-hybridized carbons (Fsp3) is 0.526. The second-order valence-electron chi connectivity index (χ2n) is 8.27. The number of hydrogen-bond acceptors (Lipinski definition) is 7. The summed E-state index contributed by atoms with van der Waals surface area (Å²) in [4.78, 5) is 18.8. The fourth-order valence-electron chi connectivity index (χ4n) is 2.62. The van der Waals surface area contributed by atoms with Crippen LogP contribution in [0.2, 0.25) is 0 Å². The molecular weight excluding hydrogens is 385 g/mol. The topological polar surface area (TPSA) is 77.2 Å². The highest BCUT2D eigenvalue weighted by atomic mass is 32.2. The summed E-state index contributed by atoms with van der Waals surface area (Å²) in [5.74, 6) is -0.0986. The van der Waals surface area contributed by atoms with Crippen molar-refractivity contribution in [1.82, 2.24) is 5.16 Å². The predicted molar refractivity (Wildman–Crippen MR) is 107 cm³/mol. The molecule has 7 nitrogen and oxygen atoms in total. The Bertz CT molecular complexity index is 933. The standard InChI is InChI=1S/C19H24FN3O4S/c1-18(2,3)25-17(24)23(6)14-7-11-13(21-26-15(11)8-12(14)20)10-28-16-9-19(4,5)27-22-16/h7-8H,9-10H2,1-6H3. The number of rotatable bonds is 3. The van der Waals surface area contributed by atoms with E-state index < -0.39 is 17.5 Å². The van der Waals surface area contributed by atoms with Gasteiger partial charge in [0.2, 0.25) is 0 Å². The van der Waals surface area contributed by atoms with E-state index in [1.807, 2.05) is 13.8 Å². The smallest absolute Gasteiger partial charge is 0.414 e. The van der Waals surface area contributed by atoms with Crippen LogP contribution in [-0.2, 0) is 15.3 Å². The summed E-state index contributed by atoms with van der Waals surface area (Å²) >= 11 is 1.50. The van der Waals surface area contributed by atoms with E-state index in [9.17, 15) is 9.18 Å². The van der Waals surface area contributed by atoms with E-state index in [1.165, 1.54) is 24.9 Å². The van der Waals surface area contributed by atoms with E-state index >= 15 is 0 Å². The minimum absolute atomic E-state index is 0.0962. The van der Waals surface area contributed by atoms with Crippen LogP contribution in [0, 0.1) is 5.82 Å². The average molecular weight is 409 g/mol. The lowest BCUT2D eigenvalue weighted by Gasteiger charge is -2.24. The Morgan fingerprint density at radius 2 is 2.11 bits per heavy atom. The van der Waals surface area contributed by atoms with Gasteiger partial charge in [0.15, 0.2) is 11.4 Å². The van der Waals surface area contributed by atoms with Crippen LogP contribution in [0.4, 0.5) is 14.9 Å². The van der Waals surface area contributed by atoms with Crippen LogP contribution in [0.15, 0.2) is 21.8 Å². The maximum absolute atomic E-state index is 14.5. The monoisotopic (exact) mass is 409 g/mol. The molecule has 0 N–H and O–H groups in total. The van der Waals surface area contributed by atoms with E-state index in [1.54, 1.807) is 26.8 Å². The number of oxime groups is 1. The zero-order chi connectivity index (χ0) is 20.7. The summed E-state index contributed by atoms with van der Waals surface area (Å²) in [7, 11) is 1.47. The molecule has 0 bridgehead atoms. The van der Waals surface area contributed by atoms with Crippen LogP contribution in [0.25, 0.3) is 11.0 Å². The van der Waals surface area contributed by atoms with E-state index in [2.05, 4.69) is 10.3 Å². The Morgan fingerprint density at radius 1 is 1.39 bits per heavy atom. The summed E-state index contributed by atoms with van der Waals surface area (Å²) < 4.78 is 25.1. The van der Waals surface area contributed by atoms with Gasteiger partial charge in [0.05, 0.1) is 5.69 Å². The summed E-state index contributed by atoms with van der Waals surface area (Å²) in [6.07, 6.45) is 0.0761. The number of ether oxygens (including phenoxy) is 1. The maximum atomic E-state index is 14.5. The van der Waals surface area contributed by atoms with E-state index in [4.69, 9.17) is 14.1 Å². The van der Waals surface area contributed by atoms with Crippen molar-refractivity contribution < 1.29 is 23.3 Å². The summed E-state index contributed by atoms with van der Waals surface area (Å²) in [6, 6.07) is 2.78. The molecule has 0 spiro atoms. The molecule has 1 aromatic heterocycles. The Hall–Kier alpha value is -2.29. The number of halogens is 1. The molecule has 9 heteroatoms. The van der Waals surface area contributed by atoms with Gasteiger partial charge in [0.25, 0.3) is 0 Å². The molecule has 1 aromatic carbocycles. The number of carbonyl (C=O) groups excluding carboxylic acids is 1. The first kappa shape index (κ1) is 20.4. The molecular formula is C19H24FN3O4S. The molecule has 2 aromatic rings. The van der Waals surface area contributed by atoms with Crippen molar-refractivity contribution in [2.45, 2.75) is 58.0 Å². The van der Waals surface area contributed by atoms with Gasteiger partial charge in [-0.05, 0) is 40.7 Å². The van der Waals surface area contributed by atoms with Crippen molar-refractivity contribution >= 4 is 39.6 Å². The van der Waals surface area contributed by atoms with E-state index in [-0.39, 0.29) is 11.3 Å². The molecule has 0 radical (unpaired) electrons. The van der Waals surface area contributed by atoms with Gasteiger partial charge in [-0.15, -0.1) is 11.8 Å². The fourth-order valence-corrected chi connectivity index (χ4v) is 3.67. The van der Waals surface area contributed by atoms with Crippen molar-refractivity contribution in [2.75, 3.05) is 11.9 Å². The molecule has 0 saturated heterocycles. The molecule has 1 aliphatic heterocycles. The molecule has 3 rings (SSSR count). The maximum Gasteiger partial charge on any atom is 0.414 e. The van der Waals surface area contributed by atoms with Gasteiger partial charge in [-0.1, -0.05) is 10.3 Å². The lowest BCUT2D eigenvalue weighted by molar-refractivity contribution is 0.0123. The molecule has 0 aliphatic carbocycles. The molecule has 0 saturated carbocycles. The number of anilines is 1. The van der Waals surface area contributed by atoms with Gasteiger partial charge in [0, 0.05) is 30.7 Å². The van der Waals surface area contributed by atoms with E-state index in [0.29, 0.717) is 28.8 Å². The lowest BCUT2D eigenvalue weighted by atomic mass is 10.1. The summed E-state index contributed by atoms with van der Waals surface area (Å²) in [5, 5.41) is 9.63. The number of aromatic nitrogens is 1. The second kappa shape index (κ2) is 7.27. The summed E-state index contributed by atoms with van der Waals surface area (Å²) in [6.45, 7) is 9.20. The van der Waals surface area contributed by atoms with Gasteiger partial charge in [0.1, 0.15) is 21.9 Å². The van der Waals surface area contributed by atoms with Crippen molar-refractivity contribution in [3.8, 4) is 0 Å². The number of amides is 1. The third-order valence-corrected chi connectivity index (χ3v) is 4.96. The number of thioether (sulfide) groups is 1. The van der Waals surface area contributed by atoms with Gasteiger partial charge in [-0.3, -0.25) is 4.90 Å². The Kier molecular flexibility index (Phi) is 5.31. The normalized spacial score (nSPS) is 16.0. The SMILES string of the molecule is CN(C(=O)OC(C)(C)C)c1cc2c(CSC3=NOC(C)(C)C3)noc2cc1F. The first-order valence-corrected chi connectivity index (χ1v) is 9.86. The number of carbonyl (C=O) groups is 1. The lowest BCUT2D eigenvalue weighted by Crippen LogP contribution is -2.34. The molecule has 28 heavy (non-hydrogen) atoms. The summed E-state index contributed by atoms with van der Waals surface area (Å²) in [5.41, 5.74) is 0.0770. The Labute approximate surface area is 167 Å². The second-order valence-corrected chi connectivity index (χ2v) is 9.32. The largest absolute Gasteiger partial charge is 0.443 e. The molecule has 1 aliphatic rings. The van der Waals surface area contributed by atoms with Gasteiger partial charge >= 0.3 is 6.09 Å². The molecule has 0 atom stereocenters. The zero-order valence-electron chi connectivity index (χ0n) is 16.8. The minimum atomic E-state index is -0.678. The molecule has 0 unspecified atom stereocenters. The van der Waals surface area contributed by atoms with Gasteiger partial charge in [-0.2, -0.15) is 0 Å². The first-order valence-electron chi connectivity index (χ1n) is 8.87.